The van der Waals surface area contributed by atoms with Gasteiger partial charge in [0.05, 0.1) is 0 Å². The Morgan fingerprint density at radius 2 is 1.67 bits per heavy atom. The number of hydrogen-bond acceptors (Lipinski definition) is 3. The number of guanidine groups is 1. The molecular formula is C25H34IN5O2. The van der Waals surface area contributed by atoms with E-state index in [9.17, 15) is 9.59 Å². The molecule has 3 rings (SSSR count). The molecule has 0 aromatic heterocycles. The van der Waals surface area contributed by atoms with Crippen LogP contribution in [0.5, 0.6) is 0 Å². The fourth-order valence-electron chi connectivity index (χ4n) is 3.78. The van der Waals surface area contributed by atoms with Crippen molar-refractivity contribution in [3.8, 4) is 0 Å². The van der Waals surface area contributed by atoms with Gasteiger partial charge in [0.2, 0.25) is 5.91 Å². The minimum Gasteiger partial charge on any atom is -0.356 e. The highest BCUT2D eigenvalue weighted by molar-refractivity contribution is 14.0. The number of halogens is 1. The van der Waals surface area contributed by atoms with E-state index in [1.165, 1.54) is 11.1 Å². The summed E-state index contributed by atoms with van der Waals surface area (Å²) in [6.07, 6.45) is 2.05. The zero-order valence-corrected chi connectivity index (χ0v) is 22.0. The highest BCUT2D eigenvalue weighted by Crippen LogP contribution is 2.22. The summed E-state index contributed by atoms with van der Waals surface area (Å²) in [4.78, 5) is 32.4. The van der Waals surface area contributed by atoms with Gasteiger partial charge in [-0.1, -0.05) is 36.4 Å². The minimum atomic E-state index is 0. The summed E-state index contributed by atoms with van der Waals surface area (Å²) in [5.41, 5.74) is 4.29. The van der Waals surface area contributed by atoms with Crippen molar-refractivity contribution in [3.63, 3.8) is 0 Å². The Bertz CT molecular complexity index is 952. The highest BCUT2D eigenvalue weighted by Gasteiger charge is 2.22. The maximum atomic E-state index is 12.5. The van der Waals surface area contributed by atoms with Crippen molar-refractivity contribution in [2.45, 2.75) is 32.4 Å². The number of aliphatic imine (C=N–C) groups is 1. The Balaban J connectivity index is 0.00000385. The molecule has 8 heteroatoms. The molecule has 2 N–H and O–H groups in total. The van der Waals surface area contributed by atoms with E-state index in [1.807, 2.05) is 41.3 Å². The molecule has 0 atom stereocenters. The number of fused-ring (bicyclic) bond motifs is 1. The second kappa shape index (κ2) is 13.2. The van der Waals surface area contributed by atoms with Gasteiger partial charge < -0.3 is 20.4 Å². The molecule has 0 fully saturated rings. The molecule has 178 valence electrons. The van der Waals surface area contributed by atoms with Crippen molar-refractivity contribution < 1.29 is 9.59 Å². The molecule has 0 radical (unpaired) electrons. The van der Waals surface area contributed by atoms with Gasteiger partial charge >= 0.3 is 0 Å². The average Bonchev–Trinajstić information content (AvgIpc) is 3.24. The number of benzene rings is 2. The molecule has 0 aliphatic carbocycles. The van der Waals surface area contributed by atoms with Crippen LogP contribution in [0.15, 0.2) is 53.5 Å². The minimum absolute atomic E-state index is 0. The zero-order chi connectivity index (χ0) is 22.9. The monoisotopic (exact) mass is 563 g/mol. The van der Waals surface area contributed by atoms with Crippen molar-refractivity contribution in [1.29, 1.82) is 0 Å². The lowest BCUT2D eigenvalue weighted by atomic mass is 10.1. The number of carbonyl (C=O) groups excluding carboxylic acids is 2. The first-order chi connectivity index (χ1) is 15.5. The molecule has 1 heterocycles. The first kappa shape index (κ1) is 26.6. The van der Waals surface area contributed by atoms with Crippen molar-refractivity contribution in [3.05, 3.63) is 70.8 Å². The molecule has 7 nitrogen and oxygen atoms in total. The predicted molar refractivity (Wildman–Crippen MR) is 143 cm³/mol. The standard InChI is InChI=1S/C25H33N5O2.HI/c1-26-25(28-15-13-19-8-6-11-20(16-19)24(32)29(2)3)27-14-7-12-23(31)30-17-21-9-4-5-10-22(21)18-30;/h4-6,8-11,16H,7,12-15,17-18H2,1-3H3,(H2,26,27,28);1H. The molecule has 0 saturated heterocycles. The SMILES string of the molecule is CN=C(NCCCC(=O)N1Cc2ccccc2C1)NCCc1cccc(C(=O)N(C)C)c1.I. The third-order valence-electron chi connectivity index (χ3n) is 5.56. The normalized spacial score (nSPS) is 12.6. The maximum absolute atomic E-state index is 12.5. The third kappa shape index (κ3) is 7.73. The largest absolute Gasteiger partial charge is 0.356 e. The van der Waals surface area contributed by atoms with Crippen LogP contribution < -0.4 is 10.6 Å². The van der Waals surface area contributed by atoms with Gasteiger partial charge in [-0.3, -0.25) is 14.6 Å². The van der Waals surface area contributed by atoms with Gasteiger partial charge in [-0.25, -0.2) is 0 Å². The number of carbonyl (C=O) groups is 2. The fourth-order valence-corrected chi connectivity index (χ4v) is 3.78. The molecule has 0 unspecified atom stereocenters. The maximum Gasteiger partial charge on any atom is 0.253 e. The predicted octanol–water partition coefficient (Wildman–Crippen LogP) is 3.04. The Hall–Kier alpha value is -2.62. The van der Waals surface area contributed by atoms with E-state index in [-0.39, 0.29) is 35.8 Å². The third-order valence-corrected chi connectivity index (χ3v) is 5.56. The van der Waals surface area contributed by atoms with Crippen LogP contribution in [-0.2, 0) is 24.3 Å². The van der Waals surface area contributed by atoms with Gasteiger partial charge in [-0.15, -0.1) is 24.0 Å². The van der Waals surface area contributed by atoms with E-state index >= 15 is 0 Å². The smallest absolute Gasteiger partial charge is 0.253 e. The summed E-state index contributed by atoms with van der Waals surface area (Å²) in [7, 11) is 5.24. The van der Waals surface area contributed by atoms with E-state index in [2.05, 4.69) is 27.8 Å². The Labute approximate surface area is 213 Å². The molecule has 0 saturated carbocycles. The molecule has 0 spiro atoms. The van der Waals surface area contributed by atoms with E-state index in [0.29, 0.717) is 44.1 Å². The number of rotatable bonds is 8. The van der Waals surface area contributed by atoms with Crippen molar-refractivity contribution in [2.75, 3.05) is 34.2 Å². The lowest BCUT2D eigenvalue weighted by Crippen LogP contribution is -2.39. The van der Waals surface area contributed by atoms with Crippen LogP contribution >= 0.6 is 24.0 Å². The lowest BCUT2D eigenvalue weighted by molar-refractivity contribution is -0.131. The number of hydrogen-bond donors (Lipinski definition) is 2. The van der Waals surface area contributed by atoms with E-state index in [1.54, 1.807) is 26.0 Å². The van der Waals surface area contributed by atoms with Gasteiger partial charge in [-0.05, 0) is 41.7 Å². The van der Waals surface area contributed by atoms with Crippen LogP contribution in [0, 0.1) is 0 Å². The van der Waals surface area contributed by atoms with Gasteiger partial charge in [-0.2, -0.15) is 0 Å². The van der Waals surface area contributed by atoms with Crippen LogP contribution in [0.25, 0.3) is 0 Å². The summed E-state index contributed by atoms with van der Waals surface area (Å²) in [5.74, 6) is 0.911. The second-order valence-corrected chi connectivity index (χ2v) is 8.20. The molecule has 1 aliphatic heterocycles. The number of amides is 2. The van der Waals surface area contributed by atoms with E-state index in [0.717, 1.165) is 18.4 Å². The summed E-state index contributed by atoms with van der Waals surface area (Å²) in [6.45, 7) is 2.81. The van der Waals surface area contributed by atoms with E-state index in [4.69, 9.17) is 0 Å². The highest BCUT2D eigenvalue weighted by atomic mass is 127. The number of nitrogens with one attached hydrogen (secondary N) is 2. The number of nitrogens with zero attached hydrogens (tertiary/aromatic N) is 3. The van der Waals surface area contributed by atoms with Gasteiger partial charge in [0.15, 0.2) is 5.96 Å². The Morgan fingerprint density at radius 3 is 2.30 bits per heavy atom. The van der Waals surface area contributed by atoms with Crippen LogP contribution in [-0.4, -0.2) is 61.8 Å². The summed E-state index contributed by atoms with van der Waals surface area (Å²) >= 11 is 0. The summed E-state index contributed by atoms with van der Waals surface area (Å²) < 4.78 is 0. The van der Waals surface area contributed by atoms with Crippen molar-refractivity contribution in [2.24, 2.45) is 4.99 Å². The summed E-state index contributed by atoms with van der Waals surface area (Å²) in [6, 6.07) is 15.9. The average molecular weight is 563 g/mol. The van der Waals surface area contributed by atoms with E-state index < -0.39 is 0 Å². The molecule has 2 aromatic carbocycles. The van der Waals surface area contributed by atoms with Crippen molar-refractivity contribution in [1.82, 2.24) is 20.4 Å². The van der Waals surface area contributed by atoms with Gasteiger partial charge in [0.1, 0.15) is 0 Å². The molecular weight excluding hydrogens is 529 g/mol. The zero-order valence-electron chi connectivity index (χ0n) is 19.6. The first-order valence-electron chi connectivity index (χ1n) is 11.1. The molecule has 2 aromatic rings. The molecule has 1 aliphatic rings. The molecule has 2 amide bonds. The Kier molecular flexibility index (Phi) is 10.6. The van der Waals surface area contributed by atoms with Crippen LogP contribution in [0.4, 0.5) is 0 Å². The fraction of sp³-hybridized carbons (Fsp3) is 0.400. The van der Waals surface area contributed by atoms with Gasteiger partial charge in [0, 0.05) is 59.3 Å². The van der Waals surface area contributed by atoms with Crippen molar-refractivity contribution >= 4 is 41.8 Å². The summed E-state index contributed by atoms with van der Waals surface area (Å²) in [5, 5.41) is 6.56. The Morgan fingerprint density at radius 1 is 1.00 bits per heavy atom. The first-order valence-corrected chi connectivity index (χ1v) is 11.1. The van der Waals surface area contributed by atoms with Gasteiger partial charge in [0.25, 0.3) is 5.91 Å². The topological polar surface area (TPSA) is 77.0 Å². The van der Waals surface area contributed by atoms with Crippen LogP contribution in [0.2, 0.25) is 0 Å². The second-order valence-electron chi connectivity index (χ2n) is 8.20. The van der Waals surface area contributed by atoms with Crippen LogP contribution in [0.1, 0.15) is 39.9 Å². The molecule has 0 bridgehead atoms. The quantitative estimate of drug-likeness (QED) is 0.224. The molecule has 33 heavy (non-hydrogen) atoms. The lowest BCUT2D eigenvalue weighted by Gasteiger charge is -2.16. The van der Waals surface area contributed by atoms with Crippen LogP contribution in [0.3, 0.4) is 0 Å².